The third kappa shape index (κ3) is 1.94. The van der Waals surface area contributed by atoms with Crippen LogP contribution in [0.1, 0.15) is 72.1 Å². The summed E-state index contributed by atoms with van der Waals surface area (Å²) in [4.78, 5) is 12.4. The van der Waals surface area contributed by atoms with Gasteiger partial charge in [-0.2, -0.15) is 0 Å². The number of nitrogens with two attached hydrogens (primary N) is 1. The largest absolute Gasteiger partial charge is 0.393 e. The molecule has 24 heavy (non-hydrogen) atoms. The van der Waals surface area contributed by atoms with Crippen LogP contribution in [-0.4, -0.2) is 22.5 Å². The first-order chi connectivity index (χ1) is 11.2. The van der Waals surface area contributed by atoms with Gasteiger partial charge in [-0.1, -0.05) is 25.5 Å². The Kier molecular flexibility index (Phi) is 3.61. The number of Topliss-reactive ketones (excluding diaryl/α,β-unsaturated/α-hetero) is 1. The van der Waals surface area contributed by atoms with Crippen molar-refractivity contribution in [1.29, 1.82) is 0 Å². The van der Waals surface area contributed by atoms with Gasteiger partial charge in [-0.3, -0.25) is 4.79 Å². The normalized spacial score (nSPS) is 53.6. The highest BCUT2D eigenvalue weighted by atomic mass is 16.3. The number of allylic oxidation sites excluding steroid dienone is 1. The molecule has 134 valence electrons. The molecular weight excluding hydrogens is 298 g/mol. The van der Waals surface area contributed by atoms with Gasteiger partial charge in [-0.05, 0) is 86.9 Å². The Morgan fingerprint density at radius 1 is 1.17 bits per heavy atom. The van der Waals surface area contributed by atoms with Crippen LogP contribution in [0.5, 0.6) is 0 Å². The van der Waals surface area contributed by atoms with E-state index in [1.54, 1.807) is 6.92 Å². The maximum atomic E-state index is 12.4. The quantitative estimate of drug-likeness (QED) is 0.722. The molecule has 0 aliphatic heterocycles. The van der Waals surface area contributed by atoms with Gasteiger partial charge in [-0.25, -0.2) is 0 Å². The van der Waals surface area contributed by atoms with Crippen molar-refractivity contribution in [2.24, 2.45) is 34.3 Å². The number of rotatable bonds is 1. The molecule has 7 atom stereocenters. The summed E-state index contributed by atoms with van der Waals surface area (Å²) >= 11 is 0. The Balaban J connectivity index is 1.69. The summed E-state index contributed by atoms with van der Waals surface area (Å²) in [6.45, 7) is 6.44. The van der Waals surface area contributed by atoms with Crippen LogP contribution in [0.2, 0.25) is 0 Å². The van der Waals surface area contributed by atoms with Crippen molar-refractivity contribution in [2.45, 2.75) is 83.8 Å². The standard InChI is InChI=1S/C21H33NO2/c1-13(23)21(22)11-8-18-16-5-4-14-12-15(24)6-9-19(14,2)17(16)7-10-20(18,21)3/h4,15-18,24H,5-12,22H2,1-3H3/t15-,16-,17+,18+,19+,20+,21-/m1/s1. The van der Waals surface area contributed by atoms with E-state index >= 15 is 0 Å². The van der Waals surface area contributed by atoms with Crippen LogP contribution in [0.25, 0.3) is 0 Å². The Hall–Kier alpha value is -0.670. The molecule has 4 aliphatic rings. The number of fused-ring (bicyclic) bond motifs is 5. The van der Waals surface area contributed by atoms with E-state index in [2.05, 4.69) is 19.9 Å². The summed E-state index contributed by atoms with van der Waals surface area (Å²) in [6, 6.07) is 0. The molecule has 0 heterocycles. The number of carbonyl (C=O) groups is 1. The van der Waals surface area contributed by atoms with Crippen molar-refractivity contribution in [1.82, 2.24) is 0 Å². The Morgan fingerprint density at radius 2 is 1.88 bits per heavy atom. The highest BCUT2D eigenvalue weighted by Gasteiger charge is 2.64. The molecule has 0 aromatic rings. The van der Waals surface area contributed by atoms with Gasteiger partial charge in [0.15, 0.2) is 0 Å². The second-order valence-corrected chi connectivity index (χ2v) is 9.68. The zero-order chi connectivity index (χ0) is 17.3. The van der Waals surface area contributed by atoms with Crippen molar-refractivity contribution in [3.8, 4) is 0 Å². The van der Waals surface area contributed by atoms with Gasteiger partial charge in [0.25, 0.3) is 0 Å². The lowest BCUT2D eigenvalue weighted by molar-refractivity contribution is -0.130. The average molecular weight is 332 g/mol. The summed E-state index contributed by atoms with van der Waals surface area (Å²) in [7, 11) is 0. The van der Waals surface area contributed by atoms with Gasteiger partial charge in [0.2, 0.25) is 0 Å². The lowest BCUT2D eigenvalue weighted by Gasteiger charge is -2.59. The molecule has 3 nitrogen and oxygen atoms in total. The van der Waals surface area contributed by atoms with Gasteiger partial charge in [0.1, 0.15) is 5.78 Å². The van der Waals surface area contributed by atoms with Crippen LogP contribution in [0.15, 0.2) is 11.6 Å². The number of hydrogen-bond donors (Lipinski definition) is 2. The molecule has 3 fully saturated rings. The SMILES string of the molecule is CC(=O)[C@]1(N)CC[C@H]2[C@@H]3CC=C4C[C@H](O)CC[C@]4(C)[C@H]3CC[C@@]21C. The molecule has 0 amide bonds. The van der Waals surface area contributed by atoms with Crippen molar-refractivity contribution in [3.05, 3.63) is 11.6 Å². The first-order valence-corrected chi connectivity index (χ1v) is 9.90. The van der Waals surface area contributed by atoms with Crippen LogP contribution in [0.3, 0.4) is 0 Å². The molecule has 0 radical (unpaired) electrons. The van der Waals surface area contributed by atoms with E-state index in [9.17, 15) is 9.90 Å². The van der Waals surface area contributed by atoms with Crippen LogP contribution in [-0.2, 0) is 4.79 Å². The van der Waals surface area contributed by atoms with Gasteiger partial charge >= 0.3 is 0 Å². The van der Waals surface area contributed by atoms with Gasteiger partial charge in [-0.15, -0.1) is 0 Å². The van der Waals surface area contributed by atoms with Gasteiger partial charge < -0.3 is 10.8 Å². The third-order valence-corrected chi connectivity index (χ3v) is 8.96. The highest BCUT2D eigenvalue weighted by molar-refractivity contribution is 5.87. The molecule has 0 unspecified atom stereocenters. The molecule has 0 saturated heterocycles. The number of aliphatic hydroxyl groups is 1. The zero-order valence-corrected chi connectivity index (χ0v) is 15.5. The van der Waals surface area contributed by atoms with Crippen LogP contribution >= 0.6 is 0 Å². The second kappa shape index (κ2) is 5.17. The second-order valence-electron chi connectivity index (χ2n) is 9.68. The molecule has 4 aliphatic carbocycles. The highest BCUT2D eigenvalue weighted by Crippen LogP contribution is 2.66. The van der Waals surface area contributed by atoms with Crippen molar-refractivity contribution < 1.29 is 9.90 Å². The number of hydrogen-bond acceptors (Lipinski definition) is 3. The zero-order valence-electron chi connectivity index (χ0n) is 15.5. The Labute approximate surface area is 146 Å². The average Bonchev–Trinajstić information content (AvgIpc) is 2.81. The minimum atomic E-state index is -0.615. The van der Waals surface area contributed by atoms with E-state index in [0.717, 1.165) is 44.9 Å². The van der Waals surface area contributed by atoms with E-state index in [-0.39, 0.29) is 22.7 Å². The fourth-order valence-corrected chi connectivity index (χ4v) is 7.30. The topological polar surface area (TPSA) is 63.3 Å². The summed E-state index contributed by atoms with van der Waals surface area (Å²) in [6.07, 6.45) is 10.6. The number of carbonyl (C=O) groups excluding carboxylic acids is 1. The molecule has 4 rings (SSSR count). The summed E-state index contributed by atoms with van der Waals surface area (Å²) in [5.74, 6) is 2.13. The summed E-state index contributed by atoms with van der Waals surface area (Å²) < 4.78 is 0. The Morgan fingerprint density at radius 3 is 2.58 bits per heavy atom. The first-order valence-electron chi connectivity index (χ1n) is 9.90. The molecule has 0 spiro atoms. The summed E-state index contributed by atoms with van der Waals surface area (Å²) in [5, 5.41) is 10.1. The van der Waals surface area contributed by atoms with Crippen molar-refractivity contribution >= 4 is 5.78 Å². The van der Waals surface area contributed by atoms with Crippen LogP contribution in [0, 0.1) is 28.6 Å². The summed E-state index contributed by atoms with van der Waals surface area (Å²) in [5.41, 5.74) is 7.82. The minimum Gasteiger partial charge on any atom is -0.393 e. The fourth-order valence-electron chi connectivity index (χ4n) is 7.30. The fraction of sp³-hybridized carbons (Fsp3) is 0.857. The van der Waals surface area contributed by atoms with Crippen molar-refractivity contribution in [2.75, 3.05) is 0 Å². The van der Waals surface area contributed by atoms with E-state index in [4.69, 9.17) is 5.73 Å². The van der Waals surface area contributed by atoms with E-state index in [1.165, 1.54) is 12.0 Å². The van der Waals surface area contributed by atoms with Gasteiger partial charge in [0.05, 0.1) is 11.6 Å². The minimum absolute atomic E-state index is 0.0319. The first kappa shape index (κ1) is 16.8. The van der Waals surface area contributed by atoms with Gasteiger partial charge in [0, 0.05) is 0 Å². The number of aliphatic hydroxyl groups excluding tert-OH is 1. The van der Waals surface area contributed by atoms with Crippen molar-refractivity contribution in [3.63, 3.8) is 0 Å². The van der Waals surface area contributed by atoms with Crippen LogP contribution < -0.4 is 5.73 Å². The molecule has 0 aromatic carbocycles. The van der Waals surface area contributed by atoms with E-state index in [1.807, 2.05) is 0 Å². The molecule has 0 aromatic heterocycles. The maximum absolute atomic E-state index is 12.4. The third-order valence-electron chi connectivity index (χ3n) is 8.96. The Bertz CT molecular complexity index is 599. The maximum Gasteiger partial charge on any atom is 0.150 e. The van der Waals surface area contributed by atoms with E-state index < -0.39 is 5.54 Å². The lowest BCUT2D eigenvalue weighted by Crippen LogP contribution is -2.61. The lowest BCUT2D eigenvalue weighted by atomic mass is 9.46. The predicted octanol–water partition coefficient (Wildman–Crippen LogP) is 3.60. The van der Waals surface area contributed by atoms with E-state index in [0.29, 0.717) is 17.8 Å². The monoisotopic (exact) mass is 331 g/mol. The molecule has 3 saturated carbocycles. The molecule has 0 bridgehead atoms. The molecular formula is C21H33NO2. The van der Waals surface area contributed by atoms with Crippen LogP contribution in [0.4, 0.5) is 0 Å². The number of ketones is 1. The predicted molar refractivity (Wildman–Crippen MR) is 95.3 cm³/mol. The smallest absolute Gasteiger partial charge is 0.150 e. The molecule has 3 N–H and O–H groups in total. The molecule has 3 heteroatoms.